The van der Waals surface area contributed by atoms with Gasteiger partial charge in [0.25, 0.3) is 0 Å². The van der Waals surface area contributed by atoms with E-state index in [0.717, 1.165) is 0 Å². The summed E-state index contributed by atoms with van der Waals surface area (Å²) in [6, 6.07) is 4.38. The van der Waals surface area contributed by atoms with Crippen molar-refractivity contribution in [3.05, 3.63) is 42.1 Å². The fourth-order valence-electron chi connectivity index (χ4n) is 5.25. The second kappa shape index (κ2) is 11.4. The Kier molecular flexibility index (Phi) is 8.06. The molecule has 3 aliphatic rings. The van der Waals surface area contributed by atoms with E-state index in [1.165, 1.54) is 18.1 Å². The van der Waals surface area contributed by atoms with E-state index in [9.17, 15) is 14.4 Å². The number of carbonyl (C=O) groups is 3. The number of rotatable bonds is 1. The quantitative estimate of drug-likeness (QED) is 0.393. The normalized spacial score (nSPS) is 28.2. The Morgan fingerprint density at radius 2 is 1.79 bits per heavy atom. The van der Waals surface area contributed by atoms with Crippen molar-refractivity contribution >= 4 is 29.0 Å². The summed E-state index contributed by atoms with van der Waals surface area (Å²) in [5.74, 6) is -5.28. The second-order valence-electron chi connectivity index (χ2n) is 11.7. The fourth-order valence-corrected chi connectivity index (χ4v) is 5.25. The first kappa shape index (κ1) is 29.6. The van der Waals surface area contributed by atoms with Gasteiger partial charge in [0.1, 0.15) is 24.3 Å². The van der Waals surface area contributed by atoms with Crippen LogP contribution in [0, 0.1) is 5.41 Å². The van der Waals surface area contributed by atoms with Crippen molar-refractivity contribution in [2.24, 2.45) is 5.41 Å². The third kappa shape index (κ3) is 6.01. The average molecular weight is 589 g/mol. The van der Waals surface area contributed by atoms with E-state index in [1.54, 1.807) is 45.0 Å². The summed E-state index contributed by atoms with van der Waals surface area (Å²) < 4.78 is 53.4. The summed E-state index contributed by atoms with van der Waals surface area (Å²) in [7, 11) is 1.19. The predicted molar refractivity (Wildman–Crippen MR) is 145 cm³/mol. The highest BCUT2D eigenvalue weighted by Gasteiger charge is 2.48. The average Bonchev–Trinajstić information content (AvgIpc) is 3.35. The summed E-state index contributed by atoms with van der Waals surface area (Å²) in [6.07, 6.45) is 0.0905. The van der Waals surface area contributed by atoms with E-state index >= 15 is 8.78 Å². The lowest BCUT2D eigenvalue weighted by molar-refractivity contribution is -0.152. The van der Waals surface area contributed by atoms with E-state index < -0.39 is 71.3 Å². The predicted octanol–water partition coefficient (Wildman–Crippen LogP) is 3.50. The summed E-state index contributed by atoms with van der Waals surface area (Å²) in [5.41, 5.74) is -0.901. The molecule has 2 bridgehead atoms. The Balaban J connectivity index is 1.56. The van der Waals surface area contributed by atoms with Crippen molar-refractivity contribution in [2.75, 3.05) is 20.3 Å². The lowest BCUT2D eigenvalue weighted by Crippen LogP contribution is -2.58. The van der Waals surface area contributed by atoms with Gasteiger partial charge >= 0.3 is 18.0 Å². The number of halogens is 2. The Bertz CT molecular complexity index is 1400. The van der Waals surface area contributed by atoms with Crippen molar-refractivity contribution in [1.82, 2.24) is 20.2 Å². The number of para-hydroxylation sites is 2. The zero-order valence-electron chi connectivity index (χ0n) is 23.8. The Morgan fingerprint density at radius 3 is 2.43 bits per heavy atom. The lowest BCUT2D eigenvalue weighted by atomic mass is 9.85. The fraction of sp³-hybridized carbons (Fsp3) is 0.552. The summed E-state index contributed by atoms with van der Waals surface area (Å²) >= 11 is 0. The van der Waals surface area contributed by atoms with E-state index in [-0.39, 0.29) is 25.1 Å². The van der Waals surface area contributed by atoms with Gasteiger partial charge in [-0.3, -0.25) is 4.79 Å². The van der Waals surface area contributed by atoms with E-state index in [2.05, 4.69) is 15.3 Å². The molecule has 1 aromatic carbocycles. The number of carbonyl (C=O) groups excluding carboxylic acids is 3. The van der Waals surface area contributed by atoms with Crippen LogP contribution in [0.1, 0.15) is 45.7 Å². The molecule has 11 nitrogen and oxygen atoms in total. The van der Waals surface area contributed by atoms with Crippen LogP contribution in [-0.4, -0.2) is 83.5 Å². The minimum atomic E-state index is -3.59. The molecule has 5 atom stereocenters. The smallest absolute Gasteiger partial charge is 0.408 e. The van der Waals surface area contributed by atoms with E-state index in [0.29, 0.717) is 24.4 Å². The molecule has 2 aliphatic heterocycles. The van der Waals surface area contributed by atoms with Crippen molar-refractivity contribution in [1.29, 1.82) is 0 Å². The number of hydrogen-bond donors (Lipinski definition) is 1. The maximum absolute atomic E-state index is 15.6. The Morgan fingerprint density at radius 1 is 1.10 bits per heavy atom. The van der Waals surface area contributed by atoms with Crippen molar-refractivity contribution in [2.45, 2.75) is 76.4 Å². The molecule has 2 amide bonds. The van der Waals surface area contributed by atoms with Gasteiger partial charge in [-0.1, -0.05) is 39.0 Å². The number of esters is 1. The Hall–Kier alpha value is -3.87. The molecule has 1 saturated carbocycles. The van der Waals surface area contributed by atoms with Gasteiger partial charge in [0, 0.05) is 6.42 Å². The molecule has 3 heterocycles. The zero-order valence-corrected chi connectivity index (χ0v) is 23.8. The number of benzene rings is 1. The highest BCUT2D eigenvalue weighted by molar-refractivity contribution is 5.91. The molecule has 1 saturated heterocycles. The minimum Gasteiger partial charge on any atom is -0.471 e. The number of hydrogen-bond acceptors (Lipinski definition) is 9. The van der Waals surface area contributed by atoms with E-state index in [1.807, 2.05) is 0 Å². The molecule has 1 aliphatic carbocycles. The lowest BCUT2D eigenvalue weighted by Gasteiger charge is -2.37. The van der Waals surface area contributed by atoms with Gasteiger partial charge in [0.05, 0.1) is 37.4 Å². The van der Waals surface area contributed by atoms with Crippen LogP contribution in [0.15, 0.2) is 36.4 Å². The summed E-state index contributed by atoms with van der Waals surface area (Å²) in [5, 5.41) is 2.67. The molecule has 1 N–H and O–H groups in total. The van der Waals surface area contributed by atoms with Crippen LogP contribution in [0.4, 0.5) is 13.6 Å². The first-order valence-corrected chi connectivity index (χ1v) is 13.8. The van der Waals surface area contributed by atoms with E-state index in [4.69, 9.17) is 18.9 Å². The number of amides is 2. The molecule has 5 rings (SSSR count). The molecular formula is C29H34F2N4O7. The third-order valence-electron chi connectivity index (χ3n) is 7.67. The van der Waals surface area contributed by atoms with Gasteiger partial charge in [0.2, 0.25) is 11.8 Å². The van der Waals surface area contributed by atoms with Gasteiger partial charge in [-0.05, 0) is 36.5 Å². The minimum absolute atomic E-state index is 0.0489. The molecule has 226 valence electrons. The van der Waals surface area contributed by atoms with Gasteiger partial charge in [-0.25, -0.2) is 19.6 Å². The SMILES string of the molecule is COC(=O)[C@@H]1C[C@@H]2CN1C(=O)[C@H](C(C)(C)C)NC(=O)O[C@@H]1CC[C@H]1OCC=CC(F)(F)c1nc3ccccc3nc1O2. The maximum atomic E-state index is 15.6. The second-order valence-corrected chi connectivity index (χ2v) is 11.7. The first-order chi connectivity index (χ1) is 19.9. The van der Waals surface area contributed by atoms with Gasteiger partial charge in [-0.2, -0.15) is 8.78 Å². The summed E-state index contributed by atoms with van der Waals surface area (Å²) in [4.78, 5) is 49.3. The highest BCUT2D eigenvalue weighted by atomic mass is 19.3. The van der Waals surface area contributed by atoms with Crippen LogP contribution in [-0.2, 0) is 29.7 Å². The molecule has 0 radical (unpaired) electrons. The molecule has 42 heavy (non-hydrogen) atoms. The number of alkyl carbamates (subject to hydrolysis) is 1. The standard InChI is InChI=1S/C29H34F2N4O7/c1-28(2,3)23-25(36)35-15-16(14-19(35)26(37)39-4)41-24-22(32-17-8-5-6-9-18(17)33-24)29(30,31)12-7-13-40-20-10-11-21(20)42-27(38)34-23/h5-9,12,16,19-21,23H,10-11,13-15H2,1-4H3,(H,34,38)/t16-,19+,20-,21-,23-/m1/s1. The summed E-state index contributed by atoms with van der Waals surface area (Å²) in [6.45, 7) is 5.00. The van der Waals surface area contributed by atoms with Crippen LogP contribution in [0.5, 0.6) is 5.88 Å². The van der Waals surface area contributed by atoms with Crippen LogP contribution in [0.25, 0.3) is 11.0 Å². The molecule has 2 aromatic rings. The largest absolute Gasteiger partial charge is 0.471 e. The van der Waals surface area contributed by atoms with Gasteiger partial charge in [0.15, 0.2) is 5.69 Å². The number of allylic oxidation sites excluding steroid dienone is 1. The molecule has 0 unspecified atom stereocenters. The zero-order chi connectivity index (χ0) is 30.2. The molecule has 2 fully saturated rings. The molecule has 0 spiro atoms. The number of aromatic nitrogens is 2. The number of alkyl halides is 2. The maximum Gasteiger partial charge on any atom is 0.408 e. The first-order valence-electron chi connectivity index (χ1n) is 13.8. The highest BCUT2D eigenvalue weighted by Crippen LogP contribution is 2.37. The molecule has 1 aromatic heterocycles. The van der Waals surface area contributed by atoms with Crippen molar-refractivity contribution < 1.29 is 42.1 Å². The monoisotopic (exact) mass is 588 g/mol. The number of nitrogens with one attached hydrogen (secondary N) is 1. The van der Waals surface area contributed by atoms with Crippen molar-refractivity contribution in [3.8, 4) is 5.88 Å². The van der Waals surface area contributed by atoms with Crippen molar-refractivity contribution in [3.63, 3.8) is 0 Å². The van der Waals surface area contributed by atoms with Crippen LogP contribution in [0.2, 0.25) is 0 Å². The van der Waals surface area contributed by atoms with Crippen LogP contribution < -0.4 is 10.1 Å². The van der Waals surface area contributed by atoms with Crippen LogP contribution in [0.3, 0.4) is 0 Å². The van der Waals surface area contributed by atoms with Crippen LogP contribution >= 0.6 is 0 Å². The number of methoxy groups -OCH3 is 1. The number of ether oxygens (including phenoxy) is 4. The third-order valence-corrected chi connectivity index (χ3v) is 7.67. The van der Waals surface area contributed by atoms with Gasteiger partial charge < -0.3 is 29.2 Å². The topological polar surface area (TPSA) is 129 Å². The number of nitrogens with zero attached hydrogens (tertiary/aromatic N) is 3. The number of fused-ring (bicyclic) bond motifs is 5. The van der Waals surface area contributed by atoms with Gasteiger partial charge in [-0.15, -0.1) is 0 Å². The molecule has 13 heteroatoms. The Labute approximate surface area is 241 Å². The molecular weight excluding hydrogens is 554 g/mol.